The maximum atomic E-state index is 12.5. The van der Waals surface area contributed by atoms with E-state index in [4.69, 9.17) is 9.15 Å². The molecule has 0 radical (unpaired) electrons. The molecule has 28 heavy (non-hydrogen) atoms. The Labute approximate surface area is 159 Å². The number of furan rings is 1. The van der Waals surface area contributed by atoms with Gasteiger partial charge in [-0.05, 0) is 56.3 Å². The largest absolute Gasteiger partial charge is 0.457 e. The van der Waals surface area contributed by atoms with Gasteiger partial charge in [0.25, 0.3) is 0 Å². The highest BCUT2D eigenvalue weighted by molar-refractivity contribution is 6.00. The molecule has 0 spiro atoms. The van der Waals surface area contributed by atoms with Crippen LogP contribution < -0.4 is 4.74 Å². The lowest BCUT2D eigenvalue weighted by molar-refractivity contribution is -0.0498. The van der Waals surface area contributed by atoms with Crippen LogP contribution in [-0.4, -0.2) is 29.5 Å². The molecule has 1 aromatic carbocycles. The van der Waals surface area contributed by atoms with Crippen LogP contribution in [0.5, 0.6) is 5.75 Å². The zero-order valence-electron chi connectivity index (χ0n) is 15.1. The normalized spacial score (nSPS) is 10.9. The number of alkyl halides is 2. The number of carbonyl (C=O) groups is 2. The first-order valence-electron chi connectivity index (χ1n) is 8.35. The minimum Gasteiger partial charge on any atom is -0.457 e. The Kier molecular flexibility index (Phi) is 5.58. The Bertz CT molecular complexity index is 975. The number of hydrogen-bond donors (Lipinski definition) is 0. The van der Waals surface area contributed by atoms with Crippen LogP contribution in [0.25, 0.3) is 5.69 Å². The van der Waals surface area contributed by atoms with Crippen LogP contribution in [0.4, 0.5) is 8.78 Å². The lowest BCUT2D eigenvalue weighted by Crippen LogP contribution is -2.14. The van der Waals surface area contributed by atoms with Crippen LogP contribution in [-0.2, 0) is 4.74 Å². The van der Waals surface area contributed by atoms with E-state index in [1.54, 1.807) is 35.8 Å². The predicted octanol–water partition coefficient (Wildman–Crippen LogP) is 4.33. The molecule has 0 bridgehead atoms. The van der Waals surface area contributed by atoms with Crippen molar-refractivity contribution >= 4 is 11.8 Å². The number of nitrogens with zero attached hydrogens (tertiary/aromatic N) is 1. The number of aromatic nitrogens is 1. The number of benzene rings is 1. The first-order valence-corrected chi connectivity index (χ1v) is 8.35. The molecule has 6 nitrogen and oxygen atoms in total. The van der Waals surface area contributed by atoms with Crippen molar-refractivity contribution in [3.8, 4) is 11.4 Å². The van der Waals surface area contributed by atoms with Gasteiger partial charge in [-0.3, -0.25) is 4.79 Å². The van der Waals surface area contributed by atoms with Gasteiger partial charge in [0.05, 0.1) is 6.26 Å². The highest BCUT2D eigenvalue weighted by Gasteiger charge is 2.19. The highest BCUT2D eigenvalue weighted by Crippen LogP contribution is 2.24. The van der Waals surface area contributed by atoms with Gasteiger partial charge >= 0.3 is 12.6 Å². The molecule has 0 N–H and O–H groups in total. The lowest BCUT2D eigenvalue weighted by atomic mass is 10.1. The molecule has 0 aliphatic rings. The molecule has 2 aromatic heterocycles. The molecular formula is C20H17F2NO5. The molecule has 3 aromatic rings. The van der Waals surface area contributed by atoms with E-state index in [2.05, 4.69) is 4.74 Å². The van der Waals surface area contributed by atoms with E-state index in [-0.39, 0.29) is 17.3 Å². The smallest absolute Gasteiger partial charge is 0.387 e. The van der Waals surface area contributed by atoms with Gasteiger partial charge in [0.15, 0.2) is 6.61 Å². The van der Waals surface area contributed by atoms with Crippen LogP contribution in [0, 0.1) is 13.8 Å². The van der Waals surface area contributed by atoms with Crippen LogP contribution >= 0.6 is 0 Å². The van der Waals surface area contributed by atoms with Crippen molar-refractivity contribution in [3.05, 3.63) is 71.4 Å². The molecule has 0 unspecified atom stereocenters. The lowest BCUT2D eigenvalue weighted by Gasteiger charge is -2.11. The Morgan fingerprint density at radius 2 is 1.86 bits per heavy atom. The number of aryl methyl sites for hydroxylation is 1. The van der Waals surface area contributed by atoms with Gasteiger partial charge in [0, 0.05) is 22.6 Å². The number of hydrogen-bond acceptors (Lipinski definition) is 5. The Morgan fingerprint density at radius 3 is 2.46 bits per heavy atom. The van der Waals surface area contributed by atoms with Gasteiger partial charge in [-0.1, -0.05) is 0 Å². The van der Waals surface area contributed by atoms with E-state index in [1.807, 2.05) is 6.92 Å². The SMILES string of the molecule is Cc1cc(C(=O)COC(=O)c2ccco2)c(C)n1-c1ccc(OC(F)F)cc1. The van der Waals surface area contributed by atoms with Crippen molar-refractivity contribution in [2.24, 2.45) is 0 Å². The van der Waals surface area contributed by atoms with E-state index in [0.29, 0.717) is 16.9 Å². The van der Waals surface area contributed by atoms with Gasteiger partial charge in [-0.25, -0.2) is 4.79 Å². The summed E-state index contributed by atoms with van der Waals surface area (Å²) in [5, 5.41) is 0. The first kappa shape index (κ1) is 19.3. The van der Waals surface area contributed by atoms with Gasteiger partial charge in [-0.2, -0.15) is 8.78 Å². The molecule has 146 valence electrons. The quantitative estimate of drug-likeness (QED) is 0.444. The average Bonchev–Trinajstić information content (AvgIpc) is 3.28. The molecule has 8 heteroatoms. The third-order valence-corrected chi connectivity index (χ3v) is 4.11. The minimum atomic E-state index is -2.89. The monoisotopic (exact) mass is 389 g/mol. The zero-order valence-corrected chi connectivity index (χ0v) is 15.1. The minimum absolute atomic E-state index is 0.0179. The number of esters is 1. The van der Waals surface area contributed by atoms with Crippen molar-refractivity contribution in [2.75, 3.05) is 6.61 Å². The third-order valence-electron chi connectivity index (χ3n) is 4.11. The molecule has 0 saturated carbocycles. The average molecular weight is 389 g/mol. The molecule has 2 heterocycles. The number of carbonyl (C=O) groups excluding carboxylic acids is 2. The molecule has 0 aliphatic heterocycles. The van der Waals surface area contributed by atoms with E-state index >= 15 is 0 Å². The van der Waals surface area contributed by atoms with Crippen LogP contribution in [0.3, 0.4) is 0 Å². The van der Waals surface area contributed by atoms with E-state index in [1.165, 1.54) is 24.5 Å². The summed E-state index contributed by atoms with van der Waals surface area (Å²) in [4.78, 5) is 24.3. The predicted molar refractivity (Wildman–Crippen MR) is 95.2 cm³/mol. The number of Topliss-reactive ketones (excluding diaryl/α,β-unsaturated/α-hetero) is 1. The summed E-state index contributed by atoms with van der Waals surface area (Å²) in [7, 11) is 0. The first-order chi connectivity index (χ1) is 13.4. The van der Waals surface area contributed by atoms with E-state index in [9.17, 15) is 18.4 Å². The molecule has 0 fully saturated rings. The summed E-state index contributed by atoms with van der Waals surface area (Å²) < 4.78 is 40.6. The second kappa shape index (κ2) is 8.08. The fourth-order valence-electron chi connectivity index (χ4n) is 2.89. The fourth-order valence-corrected chi connectivity index (χ4v) is 2.89. The Hall–Kier alpha value is -3.42. The summed E-state index contributed by atoms with van der Waals surface area (Å²) in [6.07, 6.45) is 1.34. The second-order valence-electron chi connectivity index (χ2n) is 5.97. The molecule has 0 saturated heterocycles. The molecule has 0 aliphatic carbocycles. The zero-order chi connectivity index (χ0) is 20.3. The maximum absolute atomic E-state index is 12.5. The summed E-state index contributed by atoms with van der Waals surface area (Å²) in [5.74, 6) is -1.02. The van der Waals surface area contributed by atoms with Crippen molar-refractivity contribution in [1.82, 2.24) is 4.57 Å². The maximum Gasteiger partial charge on any atom is 0.387 e. The van der Waals surface area contributed by atoms with E-state index in [0.717, 1.165) is 5.69 Å². The number of halogens is 2. The summed E-state index contributed by atoms with van der Waals surface area (Å²) in [6, 6.07) is 10.7. The van der Waals surface area contributed by atoms with Crippen LogP contribution in [0.15, 0.2) is 53.1 Å². The van der Waals surface area contributed by atoms with Crippen molar-refractivity contribution in [1.29, 1.82) is 0 Å². The van der Waals surface area contributed by atoms with Crippen LogP contribution in [0.2, 0.25) is 0 Å². The second-order valence-corrected chi connectivity index (χ2v) is 5.97. The van der Waals surface area contributed by atoms with Crippen LogP contribution in [0.1, 0.15) is 32.3 Å². The number of ketones is 1. The molecule has 0 atom stereocenters. The van der Waals surface area contributed by atoms with Crippen molar-refractivity contribution in [3.63, 3.8) is 0 Å². The number of ether oxygens (including phenoxy) is 2. The molecule has 3 rings (SSSR count). The van der Waals surface area contributed by atoms with Gasteiger partial charge in [0.2, 0.25) is 11.5 Å². The molecule has 0 amide bonds. The summed E-state index contributed by atoms with van der Waals surface area (Å²) in [5.41, 5.74) is 2.49. The highest BCUT2D eigenvalue weighted by atomic mass is 19.3. The molecular weight excluding hydrogens is 372 g/mol. The van der Waals surface area contributed by atoms with Gasteiger partial charge in [-0.15, -0.1) is 0 Å². The Balaban J connectivity index is 1.75. The van der Waals surface area contributed by atoms with Crippen molar-refractivity contribution < 1.29 is 32.3 Å². The van der Waals surface area contributed by atoms with Crippen molar-refractivity contribution in [2.45, 2.75) is 20.5 Å². The van der Waals surface area contributed by atoms with Gasteiger partial charge < -0.3 is 18.5 Å². The third kappa shape index (κ3) is 4.11. The Morgan fingerprint density at radius 1 is 1.14 bits per heavy atom. The fraction of sp³-hybridized carbons (Fsp3) is 0.200. The standard InChI is InChI=1S/C20H17F2NO5/c1-12-10-16(17(24)11-27-19(25)18-4-3-9-26-18)13(2)23(12)14-5-7-15(8-6-14)28-20(21)22/h3-10,20H,11H2,1-2H3. The summed E-state index contributed by atoms with van der Waals surface area (Å²) in [6.45, 7) is 0.236. The summed E-state index contributed by atoms with van der Waals surface area (Å²) >= 11 is 0. The van der Waals surface area contributed by atoms with E-state index < -0.39 is 19.2 Å². The van der Waals surface area contributed by atoms with Gasteiger partial charge in [0.1, 0.15) is 5.75 Å². The topological polar surface area (TPSA) is 70.7 Å². The number of rotatable bonds is 7.